The zero-order valence-electron chi connectivity index (χ0n) is 12.0. The number of benzene rings is 1. The van der Waals surface area contributed by atoms with E-state index >= 15 is 0 Å². The quantitative estimate of drug-likeness (QED) is 0.921. The van der Waals surface area contributed by atoms with Crippen molar-refractivity contribution in [2.45, 2.75) is 33.7 Å². The predicted octanol–water partition coefficient (Wildman–Crippen LogP) is 4.14. The van der Waals surface area contributed by atoms with Gasteiger partial charge in [-0.1, -0.05) is 32.4 Å². The number of hydrogen-bond acceptors (Lipinski definition) is 2. The van der Waals surface area contributed by atoms with E-state index in [2.05, 4.69) is 18.8 Å². The topological polar surface area (TPSA) is 43.8 Å². The summed E-state index contributed by atoms with van der Waals surface area (Å²) >= 11 is 6.10. The normalized spacial score (nSPS) is 11.3. The molecule has 0 atom stereocenters. The van der Waals surface area contributed by atoms with Crippen LogP contribution < -0.4 is 5.73 Å². The maximum absolute atomic E-state index is 13.1. The molecule has 0 amide bonds. The molecule has 0 radical (unpaired) electrons. The Hall–Kier alpha value is -1.55. The Labute approximate surface area is 123 Å². The highest BCUT2D eigenvalue weighted by Gasteiger charge is 2.18. The van der Waals surface area contributed by atoms with Gasteiger partial charge in [0.25, 0.3) is 0 Å². The number of nitrogens with two attached hydrogens (primary N) is 1. The summed E-state index contributed by atoms with van der Waals surface area (Å²) in [4.78, 5) is 4.57. The van der Waals surface area contributed by atoms with E-state index in [1.165, 1.54) is 12.1 Å². The third kappa shape index (κ3) is 2.80. The molecule has 1 aromatic heterocycles. The van der Waals surface area contributed by atoms with Crippen LogP contribution in [0.2, 0.25) is 5.02 Å². The highest BCUT2D eigenvalue weighted by molar-refractivity contribution is 6.33. The van der Waals surface area contributed by atoms with E-state index in [0.717, 1.165) is 18.8 Å². The number of rotatable bonds is 4. The molecule has 20 heavy (non-hydrogen) atoms. The van der Waals surface area contributed by atoms with Gasteiger partial charge in [-0.15, -0.1) is 0 Å². The lowest BCUT2D eigenvalue weighted by molar-refractivity contribution is 0.513. The molecule has 5 heteroatoms. The average Bonchev–Trinajstić information content (AvgIpc) is 2.67. The first-order valence-corrected chi connectivity index (χ1v) is 7.12. The zero-order chi connectivity index (χ0) is 14.9. The van der Waals surface area contributed by atoms with Gasteiger partial charge < -0.3 is 10.3 Å². The minimum Gasteiger partial charge on any atom is -0.383 e. The highest BCUT2D eigenvalue weighted by atomic mass is 35.5. The minimum atomic E-state index is -0.366. The lowest BCUT2D eigenvalue weighted by atomic mass is 10.1. The van der Waals surface area contributed by atoms with Gasteiger partial charge in [0.2, 0.25) is 0 Å². The summed E-state index contributed by atoms with van der Waals surface area (Å²) in [7, 11) is 0. The molecule has 0 fully saturated rings. The van der Waals surface area contributed by atoms with Crippen molar-refractivity contribution in [3.05, 3.63) is 34.9 Å². The molecule has 0 aliphatic heterocycles. The van der Waals surface area contributed by atoms with Crippen LogP contribution in [0.3, 0.4) is 0 Å². The second-order valence-corrected chi connectivity index (χ2v) is 5.65. The van der Waals surface area contributed by atoms with E-state index in [1.54, 1.807) is 6.07 Å². The zero-order valence-corrected chi connectivity index (χ0v) is 12.7. The van der Waals surface area contributed by atoms with Crippen molar-refractivity contribution < 1.29 is 4.39 Å². The number of imidazole rings is 1. The molecule has 2 N–H and O–H groups in total. The van der Waals surface area contributed by atoms with Gasteiger partial charge in [-0.25, -0.2) is 9.37 Å². The molecule has 0 aliphatic carbocycles. The van der Waals surface area contributed by atoms with E-state index in [-0.39, 0.29) is 5.82 Å². The minimum absolute atomic E-state index is 0.327. The molecular formula is C15H19ClFN3. The van der Waals surface area contributed by atoms with E-state index in [1.807, 2.05) is 11.5 Å². The van der Waals surface area contributed by atoms with Crippen molar-refractivity contribution in [3.8, 4) is 11.3 Å². The Morgan fingerprint density at radius 2 is 2.10 bits per heavy atom. The Morgan fingerprint density at radius 3 is 2.65 bits per heavy atom. The molecule has 0 unspecified atom stereocenters. The first-order chi connectivity index (χ1) is 9.43. The SMILES string of the molecule is CCc1nc(-c2ccc(F)cc2Cl)c(N)n1CC(C)C. The van der Waals surface area contributed by atoms with Gasteiger partial charge in [0.15, 0.2) is 0 Å². The fourth-order valence-corrected chi connectivity index (χ4v) is 2.49. The van der Waals surface area contributed by atoms with Gasteiger partial charge in [-0.05, 0) is 24.1 Å². The van der Waals surface area contributed by atoms with Crippen LogP contribution in [0.25, 0.3) is 11.3 Å². The number of halogens is 2. The Bertz CT molecular complexity index is 620. The molecule has 1 aromatic carbocycles. The van der Waals surface area contributed by atoms with Crippen molar-refractivity contribution in [2.75, 3.05) is 5.73 Å². The molecular weight excluding hydrogens is 277 g/mol. The second-order valence-electron chi connectivity index (χ2n) is 5.24. The third-order valence-electron chi connectivity index (χ3n) is 3.14. The van der Waals surface area contributed by atoms with Gasteiger partial charge in [0.05, 0.1) is 5.02 Å². The summed E-state index contributed by atoms with van der Waals surface area (Å²) in [6.07, 6.45) is 0.787. The van der Waals surface area contributed by atoms with Crippen LogP contribution in [0.5, 0.6) is 0 Å². The molecule has 3 nitrogen and oxygen atoms in total. The number of nitrogens with zero attached hydrogens (tertiary/aromatic N) is 2. The van der Waals surface area contributed by atoms with Crippen molar-refractivity contribution in [1.29, 1.82) is 0 Å². The molecule has 2 aromatic rings. The monoisotopic (exact) mass is 295 g/mol. The summed E-state index contributed by atoms with van der Waals surface area (Å²) in [5, 5.41) is 0.327. The standard InChI is InChI=1S/C15H19ClFN3/c1-4-13-19-14(15(18)20(13)8-9(2)3)11-6-5-10(17)7-12(11)16/h5-7,9H,4,8,18H2,1-3H3. The molecule has 0 saturated heterocycles. The van der Waals surface area contributed by atoms with Crippen molar-refractivity contribution >= 4 is 17.4 Å². The largest absolute Gasteiger partial charge is 0.383 e. The van der Waals surface area contributed by atoms with Crippen LogP contribution in [-0.4, -0.2) is 9.55 Å². The Morgan fingerprint density at radius 1 is 1.40 bits per heavy atom. The van der Waals surface area contributed by atoms with Crippen LogP contribution in [0.15, 0.2) is 18.2 Å². The molecule has 0 aliphatic rings. The summed E-state index contributed by atoms with van der Waals surface area (Å²) < 4.78 is 15.2. The molecule has 0 spiro atoms. The Balaban J connectivity index is 2.54. The third-order valence-corrected chi connectivity index (χ3v) is 3.45. The van der Waals surface area contributed by atoms with E-state index in [4.69, 9.17) is 17.3 Å². The maximum atomic E-state index is 13.1. The number of aryl methyl sites for hydroxylation is 1. The van der Waals surface area contributed by atoms with Crippen molar-refractivity contribution in [1.82, 2.24) is 9.55 Å². The van der Waals surface area contributed by atoms with Gasteiger partial charge in [0, 0.05) is 18.5 Å². The number of nitrogen functional groups attached to an aromatic ring is 1. The first-order valence-electron chi connectivity index (χ1n) is 6.74. The fourth-order valence-electron chi connectivity index (χ4n) is 2.23. The lowest BCUT2D eigenvalue weighted by Crippen LogP contribution is -2.11. The average molecular weight is 296 g/mol. The van der Waals surface area contributed by atoms with Crippen LogP contribution in [0.4, 0.5) is 10.2 Å². The van der Waals surface area contributed by atoms with Gasteiger partial charge in [-0.2, -0.15) is 0 Å². The van der Waals surface area contributed by atoms with Gasteiger partial charge >= 0.3 is 0 Å². The van der Waals surface area contributed by atoms with Crippen LogP contribution in [0, 0.1) is 11.7 Å². The van der Waals surface area contributed by atoms with Crippen LogP contribution in [0.1, 0.15) is 26.6 Å². The molecule has 2 rings (SSSR count). The van der Waals surface area contributed by atoms with E-state index in [0.29, 0.717) is 28.0 Å². The Kier molecular flexibility index (Phi) is 4.33. The second kappa shape index (κ2) is 5.83. The number of anilines is 1. The molecule has 108 valence electrons. The predicted molar refractivity (Wildman–Crippen MR) is 81.3 cm³/mol. The van der Waals surface area contributed by atoms with Crippen molar-refractivity contribution in [2.24, 2.45) is 5.92 Å². The molecule has 1 heterocycles. The van der Waals surface area contributed by atoms with Crippen molar-refractivity contribution in [3.63, 3.8) is 0 Å². The lowest BCUT2D eigenvalue weighted by Gasteiger charge is -2.11. The van der Waals surface area contributed by atoms with Gasteiger partial charge in [-0.3, -0.25) is 0 Å². The maximum Gasteiger partial charge on any atom is 0.131 e. The smallest absolute Gasteiger partial charge is 0.131 e. The molecule has 0 bridgehead atoms. The first kappa shape index (κ1) is 14.9. The fraction of sp³-hybridized carbons (Fsp3) is 0.400. The summed E-state index contributed by atoms with van der Waals surface area (Å²) in [6.45, 7) is 7.10. The molecule has 0 saturated carbocycles. The van der Waals surface area contributed by atoms with Gasteiger partial charge in [0.1, 0.15) is 23.2 Å². The number of aromatic nitrogens is 2. The summed E-state index contributed by atoms with van der Waals surface area (Å²) in [5.74, 6) is 1.61. The summed E-state index contributed by atoms with van der Waals surface area (Å²) in [5.41, 5.74) is 7.52. The highest BCUT2D eigenvalue weighted by Crippen LogP contribution is 2.33. The van der Waals surface area contributed by atoms with E-state index in [9.17, 15) is 4.39 Å². The van der Waals surface area contributed by atoms with Crippen LogP contribution >= 0.6 is 11.6 Å². The van der Waals surface area contributed by atoms with Crippen LogP contribution in [-0.2, 0) is 13.0 Å². The summed E-state index contributed by atoms with van der Waals surface area (Å²) in [6, 6.07) is 4.27. The number of hydrogen-bond donors (Lipinski definition) is 1. The van der Waals surface area contributed by atoms with E-state index < -0.39 is 0 Å².